The molecule has 1 aromatic rings. The smallest absolute Gasteiger partial charge is 0.238 e. The van der Waals surface area contributed by atoms with Crippen molar-refractivity contribution in [2.24, 2.45) is 0 Å². The molecule has 2 heterocycles. The first-order valence-corrected chi connectivity index (χ1v) is 8.77. The second-order valence-electron chi connectivity index (χ2n) is 7.42. The molecule has 126 valence electrons. The highest BCUT2D eigenvalue weighted by molar-refractivity contribution is 5.93. The molecular weight excluding hydrogens is 286 g/mol. The lowest BCUT2D eigenvalue weighted by atomic mass is 9.98. The van der Waals surface area contributed by atoms with Gasteiger partial charge >= 0.3 is 0 Å². The number of nitrogens with zero attached hydrogens (tertiary/aromatic N) is 1. The zero-order chi connectivity index (χ0) is 16.6. The van der Waals surface area contributed by atoms with Gasteiger partial charge in [-0.1, -0.05) is 17.7 Å². The molecule has 0 spiro atoms. The van der Waals surface area contributed by atoms with Gasteiger partial charge in [-0.15, -0.1) is 0 Å². The van der Waals surface area contributed by atoms with E-state index in [1.165, 1.54) is 31.2 Å². The Morgan fingerprint density at radius 3 is 2.26 bits per heavy atom. The van der Waals surface area contributed by atoms with Gasteiger partial charge in [0.05, 0.1) is 6.54 Å². The maximum Gasteiger partial charge on any atom is 0.238 e. The summed E-state index contributed by atoms with van der Waals surface area (Å²) in [5.41, 5.74) is 4.46. The average Bonchev–Trinajstić information content (AvgIpc) is 2.71. The molecule has 4 heteroatoms. The Balaban J connectivity index is 1.53. The molecule has 2 bridgehead atoms. The Morgan fingerprint density at radius 2 is 1.70 bits per heavy atom. The van der Waals surface area contributed by atoms with Crippen LogP contribution in [0.5, 0.6) is 0 Å². The predicted octanol–water partition coefficient (Wildman–Crippen LogP) is 2.77. The van der Waals surface area contributed by atoms with Crippen molar-refractivity contribution >= 4 is 11.6 Å². The lowest BCUT2D eigenvalue weighted by molar-refractivity contribution is -0.115. The van der Waals surface area contributed by atoms with Crippen LogP contribution in [0.2, 0.25) is 0 Å². The molecule has 0 aliphatic carbocycles. The Kier molecular flexibility index (Phi) is 4.74. The van der Waals surface area contributed by atoms with E-state index in [-0.39, 0.29) is 5.91 Å². The first-order valence-electron chi connectivity index (χ1n) is 8.77. The third-order valence-electron chi connectivity index (χ3n) is 5.59. The molecule has 23 heavy (non-hydrogen) atoms. The van der Waals surface area contributed by atoms with Gasteiger partial charge in [0.15, 0.2) is 0 Å². The summed E-state index contributed by atoms with van der Waals surface area (Å²) in [5.74, 6) is 0.0614. The second-order valence-corrected chi connectivity index (χ2v) is 7.42. The molecule has 2 N–H and O–H groups in total. The number of piperidine rings is 1. The predicted molar refractivity (Wildman–Crippen MR) is 94.9 cm³/mol. The summed E-state index contributed by atoms with van der Waals surface area (Å²) in [6.07, 6.45) is 4.96. The Morgan fingerprint density at radius 1 is 1.13 bits per heavy atom. The van der Waals surface area contributed by atoms with Gasteiger partial charge in [0, 0.05) is 23.8 Å². The van der Waals surface area contributed by atoms with E-state index in [0.29, 0.717) is 24.7 Å². The summed E-state index contributed by atoms with van der Waals surface area (Å²) < 4.78 is 0. The van der Waals surface area contributed by atoms with E-state index in [1.807, 2.05) is 0 Å². The van der Waals surface area contributed by atoms with Gasteiger partial charge in [0.25, 0.3) is 0 Å². The highest BCUT2D eigenvalue weighted by Crippen LogP contribution is 2.34. The van der Waals surface area contributed by atoms with Crippen LogP contribution in [0.3, 0.4) is 0 Å². The standard InChI is InChI=1S/C19H29N3O/c1-12-7-13(2)19(14(3)8-12)21-18(23)11-20-15-9-16-5-6-17(10-15)22(16)4/h7-8,15-17,20H,5-6,9-11H2,1-4H3,(H,21,23). The molecule has 0 saturated carbocycles. The van der Waals surface area contributed by atoms with Gasteiger partial charge in [-0.2, -0.15) is 0 Å². The van der Waals surface area contributed by atoms with Crippen LogP contribution in [-0.2, 0) is 4.79 Å². The van der Waals surface area contributed by atoms with E-state index in [2.05, 4.69) is 55.5 Å². The number of anilines is 1. The number of rotatable bonds is 4. The maximum absolute atomic E-state index is 12.3. The summed E-state index contributed by atoms with van der Waals surface area (Å²) in [7, 11) is 2.24. The minimum absolute atomic E-state index is 0.0614. The van der Waals surface area contributed by atoms with Crippen molar-refractivity contribution in [2.75, 3.05) is 18.9 Å². The van der Waals surface area contributed by atoms with Crippen LogP contribution in [0, 0.1) is 20.8 Å². The summed E-state index contributed by atoms with van der Waals surface area (Å²) in [6, 6.07) is 6.12. The third kappa shape index (κ3) is 3.59. The van der Waals surface area contributed by atoms with E-state index in [0.717, 1.165) is 16.8 Å². The minimum atomic E-state index is 0.0614. The topological polar surface area (TPSA) is 44.4 Å². The lowest BCUT2D eigenvalue weighted by Gasteiger charge is -2.36. The van der Waals surface area contributed by atoms with Crippen molar-refractivity contribution in [3.63, 3.8) is 0 Å². The Labute approximate surface area is 139 Å². The van der Waals surface area contributed by atoms with Gasteiger partial charge in [-0.05, 0) is 64.6 Å². The van der Waals surface area contributed by atoms with E-state index < -0.39 is 0 Å². The number of nitrogens with one attached hydrogen (secondary N) is 2. The third-order valence-corrected chi connectivity index (χ3v) is 5.59. The zero-order valence-electron chi connectivity index (χ0n) is 14.8. The molecule has 1 amide bonds. The molecule has 0 radical (unpaired) electrons. The fraction of sp³-hybridized carbons (Fsp3) is 0.632. The molecule has 2 aliphatic heterocycles. The van der Waals surface area contributed by atoms with Crippen LogP contribution >= 0.6 is 0 Å². The number of aryl methyl sites for hydroxylation is 3. The molecule has 2 atom stereocenters. The second kappa shape index (κ2) is 6.62. The highest BCUT2D eigenvalue weighted by Gasteiger charge is 2.38. The first-order chi connectivity index (χ1) is 10.9. The molecular formula is C19H29N3O. The summed E-state index contributed by atoms with van der Waals surface area (Å²) in [5, 5.41) is 6.55. The first kappa shape index (κ1) is 16.5. The van der Waals surface area contributed by atoms with Gasteiger partial charge in [0.1, 0.15) is 0 Å². The van der Waals surface area contributed by atoms with Crippen molar-refractivity contribution in [1.29, 1.82) is 0 Å². The van der Waals surface area contributed by atoms with E-state index in [4.69, 9.17) is 0 Å². The van der Waals surface area contributed by atoms with Gasteiger partial charge < -0.3 is 15.5 Å². The molecule has 2 aliphatic rings. The van der Waals surface area contributed by atoms with Gasteiger partial charge in [-0.25, -0.2) is 0 Å². The molecule has 4 nitrogen and oxygen atoms in total. The SMILES string of the molecule is Cc1cc(C)c(NC(=O)CNC2CC3CCC(C2)N3C)c(C)c1. The lowest BCUT2D eigenvalue weighted by Crippen LogP contribution is -2.48. The highest BCUT2D eigenvalue weighted by atomic mass is 16.1. The average molecular weight is 315 g/mol. The zero-order valence-corrected chi connectivity index (χ0v) is 14.8. The van der Waals surface area contributed by atoms with Crippen LogP contribution in [0.1, 0.15) is 42.4 Å². The summed E-state index contributed by atoms with van der Waals surface area (Å²) >= 11 is 0. The Hall–Kier alpha value is -1.39. The van der Waals surface area contributed by atoms with Crippen molar-refractivity contribution in [1.82, 2.24) is 10.2 Å². The number of amides is 1. The molecule has 1 aromatic carbocycles. The van der Waals surface area contributed by atoms with Gasteiger partial charge in [-0.3, -0.25) is 4.79 Å². The number of carbonyl (C=O) groups is 1. The number of carbonyl (C=O) groups excluding carboxylic acids is 1. The fourth-order valence-corrected chi connectivity index (χ4v) is 4.38. The molecule has 2 unspecified atom stereocenters. The number of fused-ring (bicyclic) bond motifs is 2. The quantitative estimate of drug-likeness (QED) is 0.898. The monoisotopic (exact) mass is 315 g/mol. The van der Waals surface area contributed by atoms with E-state index >= 15 is 0 Å². The normalized spacial score (nSPS) is 27.2. The van der Waals surface area contributed by atoms with Crippen molar-refractivity contribution in [3.05, 3.63) is 28.8 Å². The van der Waals surface area contributed by atoms with Gasteiger partial charge in [0.2, 0.25) is 5.91 Å². The maximum atomic E-state index is 12.3. The van der Waals surface area contributed by atoms with E-state index in [1.54, 1.807) is 0 Å². The van der Waals surface area contributed by atoms with Crippen LogP contribution in [-0.4, -0.2) is 42.5 Å². The molecule has 0 aromatic heterocycles. The van der Waals surface area contributed by atoms with Crippen LogP contribution in [0.25, 0.3) is 0 Å². The summed E-state index contributed by atoms with van der Waals surface area (Å²) in [4.78, 5) is 14.8. The molecule has 3 rings (SSSR count). The van der Waals surface area contributed by atoms with Crippen LogP contribution < -0.4 is 10.6 Å². The van der Waals surface area contributed by atoms with Crippen molar-refractivity contribution in [2.45, 2.75) is 64.6 Å². The molecule has 2 fully saturated rings. The number of hydrogen-bond donors (Lipinski definition) is 2. The summed E-state index contributed by atoms with van der Waals surface area (Å²) in [6.45, 7) is 6.59. The number of benzene rings is 1. The largest absolute Gasteiger partial charge is 0.324 e. The van der Waals surface area contributed by atoms with E-state index in [9.17, 15) is 4.79 Å². The Bertz CT molecular complexity index is 561. The molecule has 2 saturated heterocycles. The fourth-order valence-electron chi connectivity index (χ4n) is 4.38. The number of hydrogen-bond acceptors (Lipinski definition) is 3. The minimum Gasteiger partial charge on any atom is -0.324 e. The van der Waals surface area contributed by atoms with Crippen molar-refractivity contribution in [3.8, 4) is 0 Å². The van der Waals surface area contributed by atoms with Crippen LogP contribution in [0.4, 0.5) is 5.69 Å². The van der Waals surface area contributed by atoms with Crippen molar-refractivity contribution < 1.29 is 4.79 Å². The van der Waals surface area contributed by atoms with Crippen LogP contribution in [0.15, 0.2) is 12.1 Å².